The van der Waals surface area contributed by atoms with Crippen molar-refractivity contribution in [2.75, 3.05) is 13.1 Å². The number of amides is 1. The molecule has 32 heavy (non-hydrogen) atoms. The zero-order chi connectivity index (χ0) is 22.5. The highest BCUT2D eigenvalue weighted by Crippen LogP contribution is 2.33. The van der Waals surface area contributed by atoms with Gasteiger partial charge < -0.3 is 14.6 Å². The maximum Gasteiger partial charge on any atom is 0.410 e. The van der Waals surface area contributed by atoms with Gasteiger partial charge in [-0.2, -0.15) is 5.10 Å². The predicted octanol–water partition coefficient (Wildman–Crippen LogP) is 5.90. The summed E-state index contributed by atoms with van der Waals surface area (Å²) in [6.07, 6.45) is 5.25. The molecule has 6 nitrogen and oxygen atoms in total. The predicted molar refractivity (Wildman–Crippen MR) is 123 cm³/mol. The second kappa shape index (κ2) is 7.65. The fourth-order valence-electron chi connectivity index (χ4n) is 4.47. The van der Waals surface area contributed by atoms with E-state index in [9.17, 15) is 9.18 Å². The first-order valence-corrected chi connectivity index (χ1v) is 11.0. The summed E-state index contributed by atoms with van der Waals surface area (Å²) in [4.78, 5) is 17.3. The van der Waals surface area contributed by atoms with Crippen LogP contribution >= 0.6 is 0 Å². The zero-order valence-corrected chi connectivity index (χ0v) is 18.6. The summed E-state index contributed by atoms with van der Waals surface area (Å²) in [7, 11) is 0. The molecule has 1 aliphatic heterocycles. The Bertz CT molecular complexity index is 1290. The summed E-state index contributed by atoms with van der Waals surface area (Å²) in [6, 6.07) is 11.4. The molecule has 2 aromatic carbocycles. The molecule has 0 saturated carbocycles. The van der Waals surface area contributed by atoms with E-state index < -0.39 is 5.60 Å². The lowest BCUT2D eigenvalue weighted by molar-refractivity contribution is 0.0186. The van der Waals surface area contributed by atoms with E-state index in [1.807, 2.05) is 39.2 Å². The van der Waals surface area contributed by atoms with Crippen molar-refractivity contribution >= 4 is 27.9 Å². The molecular weight excluding hydrogens is 407 g/mol. The highest BCUT2D eigenvalue weighted by atomic mass is 19.1. The van der Waals surface area contributed by atoms with E-state index in [2.05, 4.69) is 33.0 Å². The number of carbonyl (C=O) groups is 1. The van der Waals surface area contributed by atoms with Gasteiger partial charge in [-0.05, 0) is 69.5 Å². The Hall–Kier alpha value is -3.35. The van der Waals surface area contributed by atoms with Crippen LogP contribution in [0.5, 0.6) is 0 Å². The normalized spacial score (nSPS) is 15.6. The molecule has 2 aromatic heterocycles. The third-order valence-electron chi connectivity index (χ3n) is 6.01. The van der Waals surface area contributed by atoms with Crippen molar-refractivity contribution in [2.24, 2.45) is 0 Å². The number of ether oxygens (including phenoxy) is 1. The minimum absolute atomic E-state index is 0.244. The minimum Gasteiger partial charge on any atom is -0.444 e. The molecule has 0 radical (unpaired) electrons. The fourth-order valence-corrected chi connectivity index (χ4v) is 4.47. The SMILES string of the molecule is CC(C)(C)OC(=O)N1CCC(n2ncc3cc(-c4c[nH]c5cc(F)ccc45)ccc32)CC1. The van der Waals surface area contributed by atoms with Gasteiger partial charge in [0, 0.05) is 41.1 Å². The molecule has 1 saturated heterocycles. The highest BCUT2D eigenvalue weighted by Gasteiger charge is 2.28. The van der Waals surface area contributed by atoms with Crippen molar-refractivity contribution in [2.45, 2.75) is 45.3 Å². The Morgan fingerprint density at radius 1 is 1.16 bits per heavy atom. The summed E-state index contributed by atoms with van der Waals surface area (Å²) < 4.78 is 21.1. The molecule has 0 atom stereocenters. The van der Waals surface area contributed by atoms with Crippen LogP contribution in [-0.4, -0.2) is 44.4 Å². The van der Waals surface area contributed by atoms with E-state index >= 15 is 0 Å². The van der Waals surface area contributed by atoms with Gasteiger partial charge >= 0.3 is 6.09 Å². The molecule has 0 spiro atoms. The summed E-state index contributed by atoms with van der Waals surface area (Å²) in [5.74, 6) is -0.250. The van der Waals surface area contributed by atoms with Crippen molar-refractivity contribution in [3.63, 3.8) is 0 Å². The standard InChI is InChI=1S/C25H27FN4O2/c1-25(2,3)32-24(31)29-10-8-19(9-11-29)30-23-7-4-16(12-17(23)14-28-30)21-15-27-22-13-18(26)5-6-20(21)22/h4-7,12-15,19,27H,8-11H2,1-3H3. The largest absolute Gasteiger partial charge is 0.444 e. The molecule has 0 unspecified atom stereocenters. The first-order valence-electron chi connectivity index (χ1n) is 11.0. The van der Waals surface area contributed by atoms with Gasteiger partial charge in [-0.15, -0.1) is 0 Å². The molecule has 1 fully saturated rings. The van der Waals surface area contributed by atoms with Gasteiger partial charge in [0.15, 0.2) is 0 Å². The molecule has 7 heteroatoms. The number of piperidine rings is 1. The van der Waals surface area contributed by atoms with Crippen LogP contribution in [0, 0.1) is 5.82 Å². The van der Waals surface area contributed by atoms with Crippen molar-refractivity contribution < 1.29 is 13.9 Å². The Labute approximate surface area is 186 Å². The number of hydrogen-bond acceptors (Lipinski definition) is 3. The van der Waals surface area contributed by atoms with E-state index in [0.717, 1.165) is 45.8 Å². The number of aromatic amines is 1. The molecule has 4 aromatic rings. The average molecular weight is 435 g/mol. The number of halogens is 1. The molecule has 1 aliphatic rings. The number of carbonyl (C=O) groups excluding carboxylic acids is 1. The number of fused-ring (bicyclic) bond motifs is 2. The maximum atomic E-state index is 13.5. The summed E-state index contributed by atoms with van der Waals surface area (Å²) >= 11 is 0. The van der Waals surface area contributed by atoms with E-state index in [-0.39, 0.29) is 18.0 Å². The van der Waals surface area contributed by atoms with Gasteiger partial charge in [-0.1, -0.05) is 6.07 Å². The van der Waals surface area contributed by atoms with Gasteiger partial charge in [0.1, 0.15) is 11.4 Å². The van der Waals surface area contributed by atoms with Gasteiger partial charge in [-0.25, -0.2) is 9.18 Å². The van der Waals surface area contributed by atoms with Crippen LogP contribution < -0.4 is 0 Å². The maximum absolute atomic E-state index is 13.5. The second-order valence-electron chi connectivity index (χ2n) is 9.45. The number of likely N-dealkylation sites (tertiary alicyclic amines) is 1. The quantitative estimate of drug-likeness (QED) is 0.427. The van der Waals surface area contributed by atoms with Crippen molar-refractivity contribution in [1.29, 1.82) is 0 Å². The smallest absolute Gasteiger partial charge is 0.410 e. The van der Waals surface area contributed by atoms with Crippen molar-refractivity contribution in [1.82, 2.24) is 19.7 Å². The second-order valence-corrected chi connectivity index (χ2v) is 9.45. The number of aromatic nitrogens is 3. The average Bonchev–Trinajstić information content (AvgIpc) is 3.36. The number of nitrogens with one attached hydrogen (secondary N) is 1. The number of rotatable bonds is 2. The molecule has 5 rings (SSSR count). The number of H-pyrrole nitrogens is 1. The van der Waals surface area contributed by atoms with E-state index in [4.69, 9.17) is 4.74 Å². The van der Waals surface area contributed by atoms with Crippen LogP contribution in [0.25, 0.3) is 32.9 Å². The summed E-state index contributed by atoms with van der Waals surface area (Å²) in [5, 5.41) is 6.73. The molecular formula is C25H27FN4O2. The summed E-state index contributed by atoms with van der Waals surface area (Å²) in [6.45, 7) is 6.97. The van der Waals surface area contributed by atoms with Crippen molar-refractivity contribution in [3.05, 3.63) is 54.6 Å². The Morgan fingerprint density at radius 2 is 1.94 bits per heavy atom. The van der Waals surface area contributed by atoms with Gasteiger partial charge in [-0.3, -0.25) is 4.68 Å². The molecule has 1 amide bonds. The summed E-state index contributed by atoms with van der Waals surface area (Å²) in [5.41, 5.74) is 3.49. The van der Waals surface area contributed by atoms with Crippen LogP contribution in [0.2, 0.25) is 0 Å². The Kier molecular flexibility index (Phi) is 4.92. The van der Waals surface area contributed by atoms with Crippen LogP contribution in [0.3, 0.4) is 0 Å². The number of hydrogen-bond donors (Lipinski definition) is 1. The first-order chi connectivity index (χ1) is 15.3. The van der Waals surface area contributed by atoms with E-state index in [1.165, 1.54) is 12.1 Å². The topological polar surface area (TPSA) is 63.1 Å². The fraction of sp³-hybridized carbons (Fsp3) is 0.360. The molecule has 0 bridgehead atoms. The molecule has 3 heterocycles. The van der Waals surface area contributed by atoms with Gasteiger partial charge in [0.05, 0.1) is 17.8 Å². The van der Waals surface area contributed by atoms with Crippen LogP contribution in [-0.2, 0) is 4.74 Å². The highest BCUT2D eigenvalue weighted by molar-refractivity contribution is 5.97. The number of nitrogens with zero attached hydrogens (tertiary/aromatic N) is 3. The van der Waals surface area contributed by atoms with E-state index in [0.29, 0.717) is 13.1 Å². The molecule has 0 aliphatic carbocycles. The lowest BCUT2D eigenvalue weighted by atomic mass is 10.0. The monoisotopic (exact) mass is 434 g/mol. The third kappa shape index (κ3) is 3.83. The minimum atomic E-state index is -0.483. The van der Waals surface area contributed by atoms with Gasteiger partial charge in [0.25, 0.3) is 0 Å². The lowest BCUT2D eigenvalue weighted by Crippen LogP contribution is -2.42. The number of benzene rings is 2. The molecule has 166 valence electrons. The lowest BCUT2D eigenvalue weighted by Gasteiger charge is -2.33. The molecule has 1 N–H and O–H groups in total. The third-order valence-corrected chi connectivity index (χ3v) is 6.01. The van der Waals surface area contributed by atoms with Crippen molar-refractivity contribution in [3.8, 4) is 11.1 Å². The van der Waals surface area contributed by atoms with Crippen LogP contribution in [0.4, 0.5) is 9.18 Å². The van der Waals surface area contributed by atoms with E-state index in [1.54, 1.807) is 4.90 Å². The zero-order valence-electron chi connectivity index (χ0n) is 18.6. The Morgan fingerprint density at radius 3 is 2.69 bits per heavy atom. The first kappa shape index (κ1) is 20.5. The Balaban J connectivity index is 1.35. The van der Waals surface area contributed by atoms with Crippen LogP contribution in [0.1, 0.15) is 39.7 Å². The van der Waals surface area contributed by atoms with Crippen LogP contribution in [0.15, 0.2) is 48.8 Å². The van der Waals surface area contributed by atoms with Gasteiger partial charge in [0.2, 0.25) is 0 Å².